The zero-order valence-corrected chi connectivity index (χ0v) is 6.23. The molecule has 60 valence electrons. The first-order chi connectivity index (χ1) is 5.74. The molecule has 0 aliphatic carbocycles. The van der Waals surface area contributed by atoms with Crippen LogP contribution in [-0.4, -0.2) is 4.92 Å². The first-order valence-corrected chi connectivity index (χ1v) is 3.34. The lowest BCUT2D eigenvalue weighted by molar-refractivity contribution is -0.384. The lowest BCUT2D eigenvalue weighted by Gasteiger charge is -1.93. The van der Waals surface area contributed by atoms with E-state index in [2.05, 4.69) is 0 Å². The zero-order chi connectivity index (χ0) is 8.97. The number of benzene rings is 1. The highest BCUT2D eigenvalue weighted by Gasteiger charge is 2.04. The maximum Gasteiger partial charge on any atom is 0.269 e. The van der Waals surface area contributed by atoms with E-state index >= 15 is 0 Å². The Balaban J connectivity index is 2.97. The van der Waals surface area contributed by atoms with Crippen molar-refractivity contribution in [1.82, 2.24) is 0 Å². The SMILES string of the molecule is N#[13C]Cc1cccc([N+](=O)[O-])c1. The highest BCUT2D eigenvalue weighted by molar-refractivity contribution is 5.35. The molecule has 0 aromatic heterocycles. The topological polar surface area (TPSA) is 66.9 Å². The van der Waals surface area contributed by atoms with Crippen LogP contribution >= 0.6 is 0 Å². The number of hydrogen-bond donors (Lipinski definition) is 0. The van der Waals surface area contributed by atoms with Crippen molar-refractivity contribution in [1.29, 1.82) is 5.26 Å². The Kier molecular flexibility index (Phi) is 2.38. The molecule has 12 heavy (non-hydrogen) atoms. The van der Waals surface area contributed by atoms with E-state index in [1.54, 1.807) is 12.1 Å². The van der Waals surface area contributed by atoms with Crippen LogP contribution < -0.4 is 0 Å². The molecule has 1 aromatic carbocycles. The standard InChI is InChI=1S/C8H6N2O2/c9-5-4-7-2-1-3-8(6-7)10(11)12/h1-3,6H,4H2/i5+1. The molecule has 0 unspecified atom stereocenters. The van der Waals surface area contributed by atoms with Crippen LogP contribution in [-0.2, 0) is 6.42 Å². The van der Waals surface area contributed by atoms with Gasteiger partial charge in [-0.1, -0.05) is 12.1 Å². The van der Waals surface area contributed by atoms with Crippen LogP contribution in [0.4, 0.5) is 5.69 Å². The second-order valence-electron chi connectivity index (χ2n) is 2.26. The van der Waals surface area contributed by atoms with E-state index in [0.29, 0.717) is 5.56 Å². The molecule has 0 N–H and O–H groups in total. The van der Waals surface area contributed by atoms with Crippen molar-refractivity contribution < 1.29 is 4.92 Å². The van der Waals surface area contributed by atoms with Crippen molar-refractivity contribution in [3.05, 3.63) is 39.9 Å². The van der Waals surface area contributed by atoms with Gasteiger partial charge in [0.05, 0.1) is 17.4 Å². The third kappa shape index (κ3) is 1.80. The van der Waals surface area contributed by atoms with Crippen molar-refractivity contribution in [2.75, 3.05) is 0 Å². The Labute approximate surface area is 69.2 Å². The van der Waals surface area contributed by atoms with Crippen LogP contribution in [0.2, 0.25) is 0 Å². The fourth-order valence-corrected chi connectivity index (χ4v) is 0.871. The first kappa shape index (κ1) is 8.21. The maximum atomic E-state index is 10.3. The Bertz CT molecular complexity index is 341. The average molecular weight is 163 g/mol. The summed E-state index contributed by atoms with van der Waals surface area (Å²) in [6, 6.07) is 8.00. The fourth-order valence-electron chi connectivity index (χ4n) is 0.871. The normalized spacial score (nSPS) is 8.92. The highest BCUT2D eigenvalue weighted by Crippen LogP contribution is 2.12. The smallest absolute Gasteiger partial charge is 0.258 e. The summed E-state index contributed by atoms with van der Waals surface area (Å²) in [4.78, 5) is 9.81. The molecule has 0 spiro atoms. The van der Waals surface area contributed by atoms with Crippen molar-refractivity contribution in [2.45, 2.75) is 6.42 Å². The molecule has 0 fully saturated rings. The minimum atomic E-state index is -0.471. The van der Waals surface area contributed by atoms with Gasteiger partial charge in [-0.05, 0) is 5.56 Å². The Hall–Kier alpha value is -1.89. The van der Waals surface area contributed by atoms with Gasteiger partial charge >= 0.3 is 0 Å². The summed E-state index contributed by atoms with van der Waals surface area (Å²) in [5.41, 5.74) is 0.703. The lowest BCUT2D eigenvalue weighted by Crippen LogP contribution is -1.89. The molecular weight excluding hydrogens is 157 g/mol. The maximum absolute atomic E-state index is 10.3. The van der Waals surface area contributed by atoms with Gasteiger partial charge in [0.1, 0.15) is 0 Å². The fraction of sp³-hybridized carbons (Fsp3) is 0.125. The molecule has 0 radical (unpaired) electrons. The molecule has 4 nitrogen and oxygen atoms in total. The van der Waals surface area contributed by atoms with Crippen LogP contribution in [0.3, 0.4) is 0 Å². The van der Waals surface area contributed by atoms with Crippen molar-refractivity contribution in [3.8, 4) is 6.07 Å². The summed E-state index contributed by atoms with van der Waals surface area (Å²) in [7, 11) is 0. The Morgan fingerprint density at radius 1 is 1.58 bits per heavy atom. The predicted molar refractivity (Wildman–Crippen MR) is 42.4 cm³/mol. The number of nitro groups is 1. The molecule has 1 rings (SSSR count). The van der Waals surface area contributed by atoms with E-state index in [0.717, 1.165) is 0 Å². The summed E-state index contributed by atoms with van der Waals surface area (Å²) >= 11 is 0. The van der Waals surface area contributed by atoms with Gasteiger partial charge in [0, 0.05) is 12.1 Å². The van der Waals surface area contributed by atoms with Gasteiger partial charge in [0.25, 0.3) is 5.69 Å². The molecule has 0 aliphatic heterocycles. The molecule has 0 aliphatic rings. The van der Waals surface area contributed by atoms with E-state index < -0.39 is 4.92 Å². The van der Waals surface area contributed by atoms with E-state index in [1.807, 2.05) is 6.07 Å². The summed E-state index contributed by atoms with van der Waals surface area (Å²) in [6.45, 7) is 0. The van der Waals surface area contributed by atoms with Crippen molar-refractivity contribution >= 4 is 5.69 Å². The van der Waals surface area contributed by atoms with Crippen LogP contribution in [0, 0.1) is 21.4 Å². The number of nitro benzene ring substituents is 1. The first-order valence-electron chi connectivity index (χ1n) is 3.34. The molecule has 1 aromatic rings. The van der Waals surface area contributed by atoms with Gasteiger partial charge in [-0.25, -0.2) is 0 Å². The molecule has 0 heterocycles. The number of nitrogens with zero attached hydrogens (tertiary/aromatic N) is 2. The van der Waals surface area contributed by atoms with Crippen molar-refractivity contribution in [3.63, 3.8) is 0 Å². The molecule has 0 amide bonds. The number of hydrogen-bond acceptors (Lipinski definition) is 3. The summed E-state index contributed by atoms with van der Waals surface area (Å²) in [5, 5.41) is 18.6. The summed E-state index contributed by atoms with van der Waals surface area (Å²) in [5.74, 6) is 0. The predicted octanol–water partition coefficient (Wildman–Crippen LogP) is 1.66. The largest absolute Gasteiger partial charge is 0.269 e. The van der Waals surface area contributed by atoms with E-state index in [1.165, 1.54) is 12.1 Å². The van der Waals surface area contributed by atoms with Gasteiger partial charge in [-0.3, -0.25) is 10.1 Å². The molecule has 0 bridgehead atoms. The lowest BCUT2D eigenvalue weighted by atomic mass is 10.2. The van der Waals surface area contributed by atoms with E-state index in [9.17, 15) is 10.1 Å². The molecular formula is C8H6N2O2. The molecule has 0 saturated carbocycles. The minimum absolute atomic E-state index is 0.0303. The number of non-ortho nitro benzene ring substituents is 1. The zero-order valence-electron chi connectivity index (χ0n) is 6.23. The monoisotopic (exact) mass is 163 g/mol. The van der Waals surface area contributed by atoms with E-state index in [4.69, 9.17) is 5.26 Å². The third-order valence-corrected chi connectivity index (χ3v) is 1.40. The Morgan fingerprint density at radius 2 is 2.33 bits per heavy atom. The second kappa shape index (κ2) is 3.49. The van der Waals surface area contributed by atoms with Crippen LogP contribution in [0.5, 0.6) is 0 Å². The second-order valence-corrected chi connectivity index (χ2v) is 2.26. The highest BCUT2D eigenvalue weighted by atomic mass is 16.6. The van der Waals surface area contributed by atoms with Crippen LogP contribution in [0.1, 0.15) is 5.56 Å². The molecule has 0 atom stereocenters. The summed E-state index contributed by atoms with van der Waals surface area (Å²) in [6.07, 6.45) is 0.210. The van der Waals surface area contributed by atoms with Crippen LogP contribution in [0.25, 0.3) is 0 Å². The third-order valence-electron chi connectivity index (χ3n) is 1.40. The summed E-state index contributed by atoms with van der Waals surface area (Å²) < 4.78 is 0. The Morgan fingerprint density at radius 3 is 2.92 bits per heavy atom. The van der Waals surface area contributed by atoms with Gasteiger partial charge < -0.3 is 0 Å². The molecule has 0 saturated heterocycles. The van der Waals surface area contributed by atoms with Gasteiger partial charge in [0.15, 0.2) is 0 Å². The quantitative estimate of drug-likeness (QED) is 0.378. The van der Waals surface area contributed by atoms with Crippen LogP contribution in [0.15, 0.2) is 24.3 Å². The number of nitriles is 1. The molecule has 4 heteroatoms. The minimum Gasteiger partial charge on any atom is -0.258 e. The number of rotatable bonds is 2. The van der Waals surface area contributed by atoms with Gasteiger partial charge in [-0.15, -0.1) is 0 Å². The van der Waals surface area contributed by atoms with Gasteiger partial charge in [0.2, 0.25) is 0 Å². The van der Waals surface area contributed by atoms with Crippen molar-refractivity contribution in [2.24, 2.45) is 0 Å². The average Bonchev–Trinajstić information content (AvgIpc) is 2.05. The van der Waals surface area contributed by atoms with Gasteiger partial charge in [-0.2, -0.15) is 5.26 Å². The van der Waals surface area contributed by atoms with E-state index in [-0.39, 0.29) is 12.1 Å².